The van der Waals surface area contributed by atoms with Crippen molar-refractivity contribution in [1.29, 1.82) is 0 Å². The SMILES string of the molecule is Cc1cc(C)c(-c2ccc3c4ccc(-c5cccc6c5nc(-c5cccc7c5[n-]c5ccccc57)n6-c5ccccc5)[c-]c4n(-c4ccccn4)c3c2)c(C)c1.[Pt+2]. The average molecular weight is 913 g/mol. The zero-order chi connectivity index (χ0) is 37.5. The molecule has 0 N–H and O–H groups in total. The van der Waals surface area contributed by atoms with Gasteiger partial charge in [-0.3, -0.25) is 4.57 Å². The standard InChI is InChI=1S/C51H35N5.Pt/c1-31-27-32(2)48(33(3)28-31)35-23-25-40-39-24-22-34(29-45(39)56(46(40)30-35)47-21-9-10-26-52-47)37-16-12-20-44-50(37)54-51(55(44)36-13-5-4-6-14-36)42-18-11-17-41-38-15-7-8-19-43(38)53-49(41)42;/h4-28,30H,1-3H3;/q-2;+2. The first kappa shape index (κ1) is 34.9. The van der Waals surface area contributed by atoms with Gasteiger partial charge < -0.3 is 9.55 Å². The number of benzene rings is 7. The summed E-state index contributed by atoms with van der Waals surface area (Å²) in [6.07, 6.45) is 1.86. The second-order valence-corrected chi connectivity index (χ2v) is 14.8. The fourth-order valence-electron chi connectivity index (χ4n) is 8.93. The molecule has 0 unspecified atom stereocenters. The molecule has 0 radical (unpaired) electrons. The molecule has 0 saturated carbocycles. The van der Waals surface area contributed by atoms with Gasteiger partial charge in [-0.25, -0.2) is 9.97 Å². The van der Waals surface area contributed by atoms with E-state index in [1.165, 1.54) is 27.8 Å². The van der Waals surface area contributed by atoms with Crippen LogP contribution in [0.25, 0.3) is 99.8 Å². The molecular weight excluding hydrogens is 878 g/mol. The first-order chi connectivity index (χ1) is 27.5. The molecule has 274 valence electrons. The molecule has 57 heavy (non-hydrogen) atoms. The van der Waals surface area contributed by atoms with Crippen molar-refractivity contribution in [2.24, 2.45) is 0 Å². The van der Waals surface area contributed by atoms with E-state index >= 15 is 0 Å². The average Bonchev–Trinajstić information content (AvgIpc) is 3.90. The van der Waals surface area contributed by atoms with E-state index in [1.807, 2.05) is 24.4 Å². The van der Waals surface area contributed by atoms with E-state index in [1.54, 1.807) is 0 Å². The number of hydrogen-bond donors (Lipinski definition) is 0. The van der Waals surface area contributed by atoms with E-state index in [0.29, 0.717) is 0 Å². The molecule has 7 aromatic carbocycles. The maximum atomic E-state index is 5.51. The first-order valence-electron chi connectivity index (χ1n) is 19.0. The molecule has 0 aliphatic rings. The third kappa shape index (κ3) is 5.49. The largest absolute Gasteiger partial charge is 2.00 e. The molecule has 0 aliphatic carbocycles. The number of fused-ring (bicyclic) bond motifs is 7. The van der Waals surface area contributed by atoms with Gasteiger partial charge in [0.15, 0.2) is 0 Å². The summed E-state index contributed by atoms with van der Waals surface area (Å²) in [5, 5.41) is 4.56. The number of aryl methyl sites for hydroxylation is 3. The maximum Gasteiger partial charge on any atom is 2.00 e. The Hall–Kier alpha value is -6.55. The van der Waals surface area contributed by atoms with Crippen LogP contribution in [0.2, 0.25) is 0 Å². The van der Waals surface area contributed by atoms with E-state index in [-0.39, 0.29) is 21.1 Å². The predicted molar refractivity (Wildman–Crippen MR) is 231 cm³/mol. The quantitative estimate of drug-likeness (QED) is 0.162. The van der Waals surface area contributed by atoms with Crippen LogP contribution in [0.1, 0.15) is 16.7 Å². The van der Waals surface area contributed by atoms with Crippen LogP contribution in [0.4, 0.5) is 0 Å². The normalized spacial score (nSPS) is 11.6. The molecule has 0 bridgehead atoms. The molecule has 6 heteroatoms. The fourth-order valence-corrected chi connectivity index (χ4v) is 8.93. The molecule has 0 aliphatic heterocycles. The summed E-state index contributed by atoms with van der Waals surface area (Å²) in [6, 6.07) is 57.5. The number of imidazole rings is 1. The zero-order valence-corrected chi connectivity index (χ0v) is 33.8. The number of hydrogen-bond acceptors (Lipinski definition) is 2. The molecule has 11 rings (SSSR count). The van der Waals surface area contributed by atoms with Crippen molar-refractivity contribution in [3.63, 3.8) is 0 Å². The molecular formula is C51H35N5Pt. The van der Waals surface area contributed by atoms with Gasteiger partial charge in [0.05, 0.1) is 11.0 Å². The Bertz CT molecular complexity index is 3310. The van der Waals surface area contributed by atoms with E-state index in [2.05, 4.69) is 169 Å². The smallest absolute Gasteiger partial charge is 0.656 e. The molecule has 0 atom stereocenters. The Morgan fingerprint density at radius 3 is 2.14 bits per heavy atom. The fraction of sp³-hybridized carbons (Fsp3) is 0.0588. The molecule has 11 aromatic rings. The molecule has 0 amide bonds. The summed E-state index contributed by atoms with van der Waals surface area (Å²) < 4.78 is 4.53. The summed E-state index contributed by atoms with van der Waals surface area (Å²) >= 11 is 0. The number of para-hydroxylation sites is 4. The van der Waals surface area contributed by atoms with Gasteiger partial charge in [-0.15, -0.1) is 34.8 Å². The Labute approximate surface area is 344 Å². The van der Waals surface area contributed by atoms with Gasteiger partial charge in [0.2, 0.25) is 0 Å². The molecule has 4 aromatic heterocycles. The van der Waals surface area contributed by atoms with Crippen molar-refractivity contribution >= 4 is 54.6 Å². The Kier molecular flexibility index (Phi) is 8.32. The van der Waals surface area contributed by atoms with E-state index in [4.69, 9.17) is 15.0 Å². The van der Waals surface area contributed by atoms with Crippen LogP contribution in [0.5, 0.6) is 0 Å². The van der Waals surface area contributed by atoms with Crippen LogP contribution in [0.15, 0.2) is 158 Å². The van der Waals surface area contributed by atoms with Gasteiger partial charge in [-0.2, -0.15) is 0 Å². The summed E-state index contributed by atoms with van der Waals surface area (Å²) in [5.74, 6) is 1.71. The first-order valence-corrected chi connectivity index (χ1v) is 19.0. The Balaban J connectivity index is 0.00000396. The van der Waals surface area contributed by atoms with Gasteiger partial charge in [0.1, 0.15) is 11.6 Å². The van der Waals surface area contributed by atoms with E-state index < -0.39 is 0 Å². The Morgan fingerprint density at radius 1 is 0.579 bits per heavy atom. The van der Waals surface area contributed by atoms with Crippen LogP contribution >= 0.6 is 0 Å². The summed E-state index contributed by atoms with van der Waals surface area (Å²) in [6.45, 7) is 6.57. The van der Waals surface area contributed by atoms with Crippen LogP contribution in [0.3, 0.4) is 0 Å². The van der Waals surface area contributed by atoms with Gasteiger partial charge in [0, 0.05) is 23.0 Å². The minimum atomic E-state index is 0. The minimum absolute atomic E-state index is 0. The van der Waals surface area contributed by atoms with Gasteiger partial charge >= 0.3 is 21.1 Å². The molecule has 0 spiro atoms. The van der Waals surface area contributed by atoms with Crippen molar-refractivity contribution in [3.8, 4) is 45.1 Å². The summed E-state index contributed by atoms with van der Waals surface area (Å²) in [5.41, 5.74) is 16.2. The second-order valence-electron chi connectivity index (χ2n) is 14.8. The third-order valence-electron chi connectivity index (χ3n) is 11.2. The zero-order valence-electron chi connectivity index (χ0n) is 31.6. The van der Waals surface area contributed by atoms with Crippen molar-refractivity contribution in [1.82, 2.24) is 24.1 Å². The second kappa shape index (κ2) is 13.6. The maximum absolute atomic E-state index is 5.51. The molecule has 0 saturated heterocycles. The topological polar surface area (TPSA) is 49.7 Å². The van der Waals surface area contributed by atoms with E-state index in [9.17, 15) is 0 Å². The predicted octanol–water partition coefficient (Wildman–Crippen LogP) is 12.5. The minimum Gasteiger partial charge on any atom is -0.656 e. The van der Waals surface area contributed by atoms with Crippen LogP contribution in [-0.4, -0.2) is 19.1 Å². The third-order valence-corrected chi connectivity index (χ3v) is 11.2. The number of pyridine rings is 1. The Morgan fingerprint density at radius 2 is 1.32 bits per heavy atom. The van der Waals surface area contributed by atoms with Gasteiger partial charge in [-0.1, -0.05) is 120 Å². The number of aromatic nitrogens is 5. The molecule has 0 fully saturated rings. The van der Waals surface area contributed by atoms with Crippen molar-refractivity contribution < 1.29 is 21.1 Å². The van der Waals surface area contributed by atoms with Gasteiger partial charge in [-0.05, 0) is 101 Å². The number of nitrogens with zero attached hydrogens (tertiary/aromatic N) is 5. The van der Waals surface area contributed by atoms with Crippen molar-refractivity contribution in [2.45, 2.75) is 20.8 Å². The van der Waals surface area contributed by atoms with Gasteiger partial charge in [0.25, 0.3) is 0 Å². The van der Waals surface area contributed by atoms with Crippen LogP contribution in [0, 0.1) is 26.8 Å². The molecule has 5 nitrogen and oxygen atoms in total. The summed E-state index contributed by atoms with van der Waals surface area (Å²) in [4.78, 5) is 15.5. The summed E-state index contributed by atoms with van der Waals surface area (Å²) in [7, 11) is 0. The van der Waals surface area contributed by atoms with Crippen LogP contribution in [-0.2, 0) is 21.1 Å². The molecule has 4 heterocycles. The van der Waals surface area contributed by atoms with E-state index in [0.717, 1.165) is 88.7 Å². The van der Waals surface area contributed by atoms with Crippen molar-refractivity contribution in [2.75, 3.05) is 0 Å². The van der Waals surface area contributed by atoms with Crippen molar-refractivity contribution in [3.05, 3.63) is 181 Å². The van der Waals surface area contributed by atoms with Crippen LogP contribution < -0.4 is 4.98 Å². The monoisotopic (exact) mass is 912 g/mol. The number of rotatable bonds is 5.